The number of aldehydes is 1. The molecule has 0 aliphatic heterocycles. The lowest BCUT2D eigenvalue weighted by Gasteiger charge is -2.10. The minimum Gasteiger partial charge on any atom is -0.445 e. The third kappa shape index (κ3) is 4.46. The van der Waals surface area contributed by atoms with Crippen molar-refractivity contribution in [2.75, 3.05) is 0 Å². The van der Waals surface area contributed by atoms with Gasteiger partial charge in [0.25, 0.3) is 0 Å². The van der Waals surface area contributed by atoms with Crippen LogP contribution >= 0.6 is 0 Å². The molecule has 1 N–H and O–H groups in total. The van der Waals surface area contributed by atoms with Gasteiger partial charge in [-0.1, -0.05) is 30.3 Å². The van der Waals surface area contributed by atoms with Gasteiger partial charge in [0, 0.05) is 0 Å². The van der Waals surface area contributed by atoms with Crippen LogP contribution in [0, 0.1) is 0 Å². The zero-order valence-electron chi connectivity index (χ0n) is 9.38. The van der Waals surface area contributed by atoms with Crippen LogP contribution < -0.4 is 5.32 Å². The molecule has 1 rings (SSSR count). The first kappa shape index (κ1) is 12.9. The average molecular weight is 235 g/mol. The molecule has 1 atom stereocenters. The maximum Gasteiger partial charge on any atom is 0.408 e. The Bertz CT molecular complexity index is 402. The van der Waals surface area contributed by atoms with E-state index in [1.54, 1.807) is 0 Å². The number of ketones is 1. The SMILES string of the molecule is C[C@H](NC(=O)OCc1ccccc1)C(=O)C=O. The summed E-state index contributed by atoms with van der Waals surface area (Å²) < 4.78 is 4.88. The predicted molar refractivity (Wildman–Crippen MR) is 60.3 cm³/mol. The van der Waals surface area contributed by atoms with E-state index in [2.05, 4.69) is 5.32 Å². The van der Waals surface area contributed by atoms with Crippen molar-refractivity contribution in [3.63, 3.8) is 0 Å². The summed E-state index contributed by atoms with van der Waals surface area (Å²) in [6, 6.07) is 8.27. The Morgan fingerprint density at radius 3 is 2.59 bits per heavy atom. The normalized spacial score (nSPS) is 11.4. The largest absolute Gasteiger partial charge is 0.445 e. The van der Waals surface area contributed by atoms with Gasteiger partial charge in [0.1, 0.15) is 6.61 Å². The highest BCUT2D eigenvalue weighted by molar-refractivity contribution is 6.27. The molecule has 0 aromatic heterocycles. The molecule has 17 heavy (non-hydrogen) atoms. The number of hydrogen-bond acceptors (Lipinski definition) is 4. The van der Waals surface area contributed by atoms with Crippen LogP contribution in [0.1, 0.15) is 12.5 Å². The Morgan fingerprint density at radius 2 is 2.00 bits per heavy atom. The molecule has 1 aromatic rings. The Hall–Kier alpha value is -2.17. The highest BCUT2D eigenvalue weighted by atomic mass is 16.5. The molecule has 0 radical (unpaired) electrons. The average Bonchev–Trinajstić information content (AvgIpc) is 2.36. The number of benzene rings is 1. The van der Waals surface area contributed by atoms with Crippen molar-refractivity contribution in [1.82, 2.24) is 5.32 Å². The van der Waals surface area contributed by atoms with Crippen molar-refractivity contribution in [2.24, 2.45) is 0 Å². The smallest absolute Gasteiger partial charge is 0.408 e. The van der Waals surface area contributed by atoms with Gasteiger partial charge < -0.3 is 10.1 Å². The number of carbonyl (C=O) groups is 3. The van der Waals surface area contributed by atoms with Crippen LogP contribution in [0.15, 0.2) is 30.3 Å². The van der Waals surface area contributed by atoms with Crippen LogP contribution in [0.2, 0.25) is 0 Å². The summed E-state index contributed by atoms with van der Waals surface area (Å²) in [6.07, 6.45) is -0.557. The van der Waals surface area contributed by atoms with Gasteiger partial charge in [0.05, 0.1) is 6.04 Å². The van der Waals surface area contributed by atoms with Crippen LogP contribution in [-0.4, -0.2) is 24.2 Å². The van der Waals surface area contributed by atoms with E-state index >= 15 is 0 Å². The van der Waals surface area contributed by atoms with Gasteiger partial charge in [0.15, 0.2) is 6.29 Å². The second kappa shape index (κ2) is 6.42. The Morgan fingerprint density at radius 1 is 1.35 bits per heavy atom. The van der Waals surface area contributed by atoms with Crippen molar-refractivity contribution in [2.45, 2.75) is 19.6 Å². The van der Waals surface area contributed by atoms with E-state index in [9.17, 15) is 14.4 Å². The van der Waals surface area contributed by atoms with Crippen LogP contribution in [0.3, 0.4) is 0 Å². The van der Waals surface area contributed by atoms with Crippen LogP contribution in [0.4, 0.5) is 4.79 Å². The van der Waals surface area contributed by atoms with Gasteiger partial charge in [-0.3, -0.25) is 9.59 Å². The lowest BCUT2D eigenvalue weighted by atomic mass is 10.2. The molecule has 0 aliphatic rings. The molecular formula is C12H13NO4. The highest BCUT2D eigenvalue weighted by Crippen LogP contribution is 2.00. The summed E-state index contributed by atoms with van der Waals surface area (Å²) in [4.78, 5) is 32.3. The number of amides is 1. The van der Waals surface area contributed by atoms with E-state index in [0.717, 1.165) is 5.56 Å². The Kier molecular flexibility index (Phi) is 4.87. The van der Waals surface area contributed by atoms with Gasteiger partial charge in [-0.05, 0) is 12.5 Å². The molecule has 0 saturated carbocycles. The summed E-state index contributed by atoms with van der Waals surface area (Å²) >= 11 is 0. The highest BCUT2D eigenvalue weighted by Gasteiger charge is 2.14. The van der Waals surface area contributed by atoms with Crippen molar-refractivity contribution in [3.05, 3.63) is 35.9 Å². The van der Waals surface area contributed by atoms with E-state index in [1.807, 2.05) is 30.3 Å². The number of hydrogen-bond donors (Lipinski definition) is 1. The van der Waals surface area contributed by atoms with E-state index < -0.39 is 17.9 Å². The topological polar surface area (TPSA) is 72.5 Å². The summed E-state index contributed by atoms with van der Waals surface area (Å²) in [5.74, 6) is -0.693. The number of Topliss-reactive ketones (excluding diaryl/α,β-unsaturated/α-hetero) is 1. The molecule has 5 heteroatoms. The summed E-state index contributed by atoms with van der Waals surface area (Å²) in [5.41, 5.74) is 0.844. The first-order chi connectivity index (χ1) is 8.13. The molecule has 0 spiro atoms. The van der Waals surface area contributed by atoms with E-state index in [1.165, 1.54) is 6.92 Å². The maximum absolute atomic E-state index is 11.2. The fourth-order valence-corrected chi connectivity index (χ4v) is 1.11. The third-order valence-electron chi connectivity index (χ3n) is 2.09. The molecule has 0 aliphatic carbocycles. The van der Waals surface area contributed by atoms with Crippen molar-refractivity contribution in [3.8, 4) is 0 Å². The molecule has 0 unspecified atom stereocenters. The monoisotopic (exact) mass is 235 g/mol. The van der Waals surface area contributed by atoms with Gasteiger partial charge in [-0.15, -0.1) is 0 Å². The molecule has 1 aromatic carbocycles. The minimum atomic E-state index is -0.865. The summed E-state index contributed by atoms with van der Waals surface area (Å²) in [6.45, 7) is 1.54. The number of rotatable bonds is 5. The van der Waals surface area contributed by atoms with Crippen molar-refractivity contribution in [1.29, 1.82) is 0 Å². The number of alkyl carbamates (subject to hydrolysis) is 1. The summed E-state index contributed by atoms with van der Waals surface area (Å²) in [7, 11) is 0. The lowest BCUT2D eigenvalue weighted by molar-refractivity contribution is -0.130. The second-order valence-corrected chi connectivity index (χ2v) is 3.45. The maximum atomic E-state index is 11.2. The second-order valence-electron chi connectivity index (χ2n) is 3.45. The van der Waals surface area contributed by atoms with Gasteiger partial charge in [-0.2, -0.15) is 0 Å². The molecule has 5 nitrogen and oxygen atoms in total. The fraction of sp³-hybridized carbons (Fsp3) is 0.250. The van der Waals surface area contributed by atoms with Gasteiger partial charge in [-0.25, -0.2) is 4.79 Å². The molecule has 90 valence electrons. The molecular weight excluding hydrogens is 222 g/mol. The van der Waals surface area contributed by atoms with Gasteiger partial charge >= 0.3 is 6.09 Å². The Balaban J connectivity index is 2.36. The zero-order valence-corrected chi connectivity index (χ0v) is 9.38. The molecule has 0 bridgehead atoms. The van der Waals surface area contributed by atoms with Crippen LogP contribution in [0.5, 0.6) is 0 Å². The standard InChI is InChI=1S/C12H13NO4/c1-9(11(15)7-14)13-12(16)17-8-10-5-3-2-4-6-10/h2-7,9H,8H2,1H3,(H,13,16)/t9-/m0/s1. The number of ether oxygens (including phenoxy) is 1. The van der Waals surface area contributed by atoms with Gasteiger partial charge in [0.2, 0.25) is 5.78 Å². The first-order valence-corrected chi connectivity index (χ1v) is 5.09. The zero-order chi connectivity index (χ0) is 12.7. The number of nitrogens with one attached hydrogen (secondary N) is 1. The van der Waals surface area contributed by atoms with Crippen molar-refractivity contribution >= 4 is 18.2 Å². The minimum absolute atomic E-state index is 0.120. The third-order valence-corrected chi connectivity index (χ3v) is 2.09. The van der Waals surface area contributed by atoms with E-state index in [-0.39, 0.29) is 12.9 Å². The lowest BCUT2D eigenvalue weighted by Crippen LogP contribution is -2.39. The quantitative estimate of drug-likeness (QED) is 0.612. The Labute approximate surface area is 98.8 Å². The molecule has 1 amide bonds. The predicted octanol–water partition coefficient (Wildman–Crippen LogP) is 1.07. The summed E-state index contributed by atoms with van der Waals surface area (Å²) in [5, 5.41) is 2.26. The van der Waals surface area contributed by atoms with E-state index in [0.29, 0.717) is 0 Å². The first-order valence-electron chi connectivity index (χ1n) is 5.09. The number of carbonyl (C=O) groups excluding carboxylic acids is 3. The fourth-order valence-electron chi connectivity index (χ4n) is 1.11. The molecule has 0 fully saturated rings. The van der Waals surface area contributed by atoms with Crippen LogP contribution in [-0.2, 0) is 20.9 Å². The molecule has 0 heterocycles. The van der Waals surface area contributed by atoms with Crippen LogP contribution in [0.25, 0.3) is 0 Å². The molecule has 0 saturated heterocycles. The van der Waals surface area contributed by atoms with E-state index in [4.69, 9.17) is 4.74 Å². The van der Waals surface area contributed by atoms with Crippen molar-refractivity contribution < 1.29 is 19.1 Å².